The molecule has 1 aromatic rings. The topological polar surface area (TPSA) is 60.2 Å². The van der Waals surface area contributed by atoms with Gasteiger partial charge in [-0.2, -0.15) is 0 Å². The predicted molar refractivity (Wildman–Crippen MR) is 67.6 cm³/mol. The lowest BCUT2D eigenvalue weighted by molar-refractivity contribution is 0.582. The molecule has 1 aromatic carbocycles. The number of sulfone groups is 1. The van der Waals surface area contributed by atoms with Crippen LogP contribution in [-0.4, -0.2) is 14.0 Å². The molecule has 0 spiro atoms. The summed E-state index contributed by atoms with van der Waals surface area (Å²) in [5.41, 5.74) is 5.72. The number of nitrogens with two attached hydrogens (primary N) is 1. The zero-order valence-electron chi connectivity index (χ0n) is 8.99. The van der Waals surface area contributed by atoms with Crippen molar-refractivity contribution in [2.24, 2.45) is 5.73 Å². The van der Waals surface area contributed by atoms with Gasteiger partial charge in [-0.1, -0.05) is 22.0 Å². The van der Waals surface area contributed by atoms with Gasteiger partial charge < -0.3 is 5.73 Å². The molecule has 0 saturated carbocycles. The summed E-state index contributed by atoms with van der Waals surface area (Å²) in [5.74, 6) is 0. The van der Waals surface area contributed by atoms with E-state index < -0.39 is 15.4 Å². The Bertz CT molecular complexity index is 582. The maximum Gasteiger partial charge on any atom is 0.205 e. The second kappa shape index (κ2) is 3.42. The van der Waals surface area contributed by atoms with E-state index in [2.05, 4.69) is 15.9 Å². The monoisotopic (exact) mass is 301 g/mol. The van der Waals surface area contributed by atoms with Crippen LogP contribution in [0.25, 0.3) is 6.08 Å². The van der Waals surface area contributed by atoms with Gasteiger partial charge in [0.25, 0.3) is 0 Å². The fraction of sp³-hybridized carbons (Fsp3) is 0.273. The third-order valence-corrected chi connectivity index (χ3v) is 5.13. The van der Waals surface area contributed by atoms with Crippen molar-refractivity contribution in [1.82, 2.24) is 0 Å². The molecule has 2 rings (SSSR count). The summed E-state index contributed by atoms with van der Waals surface area (Å²) < 4.78 is 25.2. The molecule has 0 bridgehead atoms. The molecule has 1 aliphatic rings. The molecule has 1 heterocycles. The molecular weight excluding hydrogens is 290 g/mol. The first-order chi connectivity index (χ1) is 7.23. The number of fused-ring (bicyclic) bond motifs is 1. The first kappa shape index (κ1) is 11.8. The van der Waals surface area contributed by atoms with E-state index in [1.165, 1.54) is 0 Å². The van der Waals surface area contributed by atoms with Gasteiger partial charge in [0.2, 0.25) is 9.84 Å². The fourth-order valence-corrected chi connectivity index (χ4v) is 4.17. The van der Waals surface area contributed by atoms with Gasteiger partial charge in [0.1, 0.15) is 0 Å². The summed E-state index contributed by atoms with van der Waals surface area (Å²) in [4.78, 5) is 0.600. The number of benzene rings is 1. The van der Waals surface area contributed by atoms with E-state index in [4.69, 9.17) is 5.73 Å². The number of halogens is 1. The fourth-order valence-electron chi connectivity index (χ4n) is 1.73. The third kappa shape index (κ3) is 1.73. The SMILES string of the molecule is CC(C)(N)C1=Cc2ccc(Br)cc2S1(=O)=O. The van der Waals surface area contributed by atoms with Gasteiger partial charge in [-0.15, -0.1) is 0 Å². The van der Waals surface area contributed by atoms with Crippen LogP contribution in [0, 0.1) is 0 Å². The molecule has 0 amide bonds. The summed E-state index contributed by atoms with van der Waals surface area (Å²) >= 11 is 3.27. The lowest BCUT2D eigenvalue weighted by Gasteiger charge is -2.19. The van der Waals surface area contributed by atoms with Gasteiger partial charge in [0.05, 0.1) is 9.80 Å². The van der Waals surface area contributed by atoms with Crippen LogP contribution >= 0.6 is 15.9 Å². The highest BCUT2D eigenvalue weighted by Gasteiger charge is 2.36. The molecule has 16 heavy (non-hydrogen) atoms. The lowest BCUT2D eigenvalue weighted by atomic mass is 10.0. The van der Waals surface area contributed by atoms with Crippen molar-refractivity contribution in [3.63, 3.8) is 0 Å². The number of rotatable bonds is 1. The minimum Gasteiger partial charge on any atom is -0.321 e. The Labute approximate surface area is 103 Å². The standard InChI is InChI=1S/C11H12BrNO2S/c1-11(2,13)10-5-7-3-4-8(12)6-9(7)16(10,14)15/h3-6H,13H2,1-2H3. The molecule has 0 atom stereocenters. The van der Waals surface area contributed by atoms with Crippen LogP contribution in [0.15, 0.2) is 32.5 Å². The number of hydrogen-bond donors (Lipinski definition) is 1. The van der Waals surface area contributed by atoms with E-state index in [1.54, 1.807) is 32.1 Å². The van der Waals surface area contributed by atoms with E-state index in [1.807, 2.05) is 6.07 Å². The minimum absolute atomic E-state index is 0.271. The zero-order valence-corrected chi connectivity index (χ0v) is 11.4. The van der Waals surface area contributed by atoms with Crippen molar-refractivity contribution in [3.8, 4) is 0 Å². The summed E-state index contributed by atoms with van der Waals surface area (Å²) in [6, 6.07) is 5.20. The normalized spacial score (nSPS) is 18.1. The summed E-state index contributed by atoms with van der Waals surface area (Å²) in [7, 11) is -3.42. The molecule has 86 valence electrons. The molecule has 0 saturated heterocycles. The van der Waals surface area contributed by atoms with Crippen LogP contribution in [0.1, 0.15) is 19.4 Å². The highest BCUT2D eigenvalue weighted by molar-refractivity contribution is 9.10. The van der Waals surface area contributed by atoms with E-state index in [-0.39, 0.29) is 4.91 Å². The summed E-state index contributed by atoms with van der Waals surface area (Å²) in [5, 5.41) is 0. The maximum atomic E-state index is 12.2. The molecule has 0 radical (unpaired) electrons. The highest BCUT2D eigenvalue weighted by Crippen LogP contribution is 2.38. The van der Waals surface area contributed by atoms with Crippen LogP contribution in [-0.2, 0) is 9.84 Å². The van der Waals surface area contributed by atoms with Crippen molar-refractivity contribution in [2.45, 2.75) is 24.3 Å². The minimum atomic E-state index is -3.42. The van der Waals surface area contributed by atoms with Crippen molar-refractivity contribution in [2.75, 3.05) is 0 Å². The van der Waals surface area contributed by atoms with Gasteiger partial charge >= 0.3 is 0 Å². The van der Waals surface area contributed by atoms with Gasteiger partial charge in [0.15, 0.2) is 0 Å². The van der Waals surface area contributed by atoms with Crippen molar-refractivity contribution in [1.29, 1.82) is 0 Å². The van der Waals surface area contributed by atoms with Crippen molar-refractivity contribution < 1.29 is 8.42 Å². The molecule has 0 fully saturated rings. The molecular formula is C11H12BrNO2S. The smallest absolute Gasteiger partial charge is 0.205 e. The highest BCUT2D eigenvalue weighted by atomic mass is 79.9. The Hall–Kier alpha value is -0.650. The molecule has 0 unspecified atom stereocenters. The van der Waals surface area contributed by atoms with E-state index in [0.29, 0.717) is 10.5 Å². The first-order valence-electron chi connectivity index (χ1n) is 4.78. The van der Waals surface area contributed by atoms with Gasteiger partial charge in [-0.3, -0.25) is 0 Å². The van der Waals surface area contributed by atoms with Crippen LogP contribution in [0.5, 0.6) is 0 Å². The quantitative estimate of drug-likeness (QED) is 0.866. The van der Waals surface area contributed by atoms with Gasteiger partial charge in [0, 0.05) is 10.0 Å². The number of hydrogen-bond acceptors (Lipinski definition) is 3. The lowest BCUT2D eigenvalue weighted by Crippen LogP contribution is -2.36. The molecule has 2 N–H and O–H groups in total. The van der Waals surface area contributed by atoms with Crippen LogP contribution < -0.4 is 5.73 Å². The molecule has 5 heteroatoms. The zero-order chi connectivity index (χ0) is 12.1. The Balaban J connectivity index is 2.70. The second-order valence-electron chi connectivity index (χ2n) is 4.42. The third-order valence-electron chi connectivity index (χ3n) is 2.48. The van der Waals surface area contributed by atoms with Crippen LogP contribution in [0.2, 0.25) is 0 Å². The van der Waals surface area contributed by atoms with Gasteiger partial charge in [-0.05, 0) is 37.6 Å². The van der Waals surface area contributed by atoms with E-state index in [0.717, 1.165) is 4.47 Å². The molecule has 1 aliphatic heterocycles. The van der Waals surface area contributed by atoms with E-state index >= 15 is 0 Å². The van der Waals surface area contributed by atoms with Crippen molar-refractivity contribution in [3.05, 3.63) is 33.1 Å². The molecule has 0 aliphatic carbocycles. The van der Waals surface area contributed by atoms with Crippen LogP contribution in [0.3, 0.4) is 0 Å². The Morgan fingerprint density at radius 2 is 1.94 bits per heavy atom. The van der Waals surface area contributed by atoms with Crippen molar-refractivity contribution >= 4 is 31.8 Å². The van der Waals surface area contributed by atoms with Crippen LogP contribution in [0.4, 0.5) is 0 Å². The maximum absolute atomic E-state index is 12.2. The first-order valence-corrected chi connectivity index (χ1v) is 7.06. The average Bonchev–Trinajstić information content (AvgIpc) is 2.38. The van der Waals surface area contributed by atoms with E-state index in [9.17, 15) is 8.42 Å². The molecule has 0 aromatic heterocycles. The van der Waals surface area contributed by atoms with Gasteiger partial charge in [-0.25, -0.2) is 8.42 Å². The summed E-state index contributed by atoms with van der Waals surface area (Å²) in [6.45, 7) is 3.38. The summed E-state index contributed by atoms with van der Waals surface area (Å²) in [6.07, 6.45) is 1.65. The predicted octanol–water partition coefficient (Wildman–Crippen LogP) is 2.31. The Kier molecular flexibility index (Phi) is 2.53. The average molecular weight is 302 g/mol. The Morgan fingerprint density at radius 1 is 1.31 bits per heavy atom. The largest absolute Gasteiger partial charge is 0.321 e. The Morgan fingerprint density at radius 3 is 2.50 bits per heavy atom. The molecule has 3 nitrogen and oxygen atoms in total. The second-order valence-corrected chi connectivity index (χ2v) is 7.22.